The SMILES string of the molecule is Cc1nn2c(c1[N+](=O)[O-])N(C(=O)OCc1ccccc1)CCC2C(F)(F)F. The highest BCUT2D eigenvalue weighted by molar-refractivity contribution is 5.90. The largest absolute Gasteiger partial charge is 0.444 e. The van der Waals surface area contributed by atoms with E-state index >= 15 is 0 Å². The summed E-state index contributed by atoms with van der Waals surface area (Å²) in [7, 11) is 0. The van der Waals surface area contributed by atoms with E-state index in [4.69, 9.17) is 4.74 Å². The molecular weight excluding hydrogens is 369 g/mol. The molecule has 1 unspecified atom stereocenters. The Kier molecular flexibility index (Phi) is 4.77. The molecule has 0 bridgehead atoms. The Hall–Kier alpha value is -3.11. The molecule has 0 N–H and O–H groups in total. The number of rotatable bonds is 3. The van der Waals surface area contributed by atoms with E-state index in [0.717, 1.165) is 4.90 Å². The Bertz CT molecular complexity index is 867. The molecule has 2 heterocycles. The van der Waals surface area contributed by atoms with Gasteiger partial charge in [0.15, 0.2) is 6.04 Å². The Balaban J connectivity index is 1.93. The van der Waals surface area contributed by atoms with Crippen LogP contribution in [0.15, 0.2) is 30.3 Å². The van der Waals surface area contributed by atoms with Gasteiger partial charge in [-0.05, 0) is 18.9 Å². The van der Waals surface area contributed by atoms with Crippen molar-refractivity contribution in [3.05, 3.63) is 51.7 Å². The Morgan fingerprint density at radius 1 is 1.37 bits per heavy atom. The van der Waals surface area contributed by atoms with Crippen LogP contribution in [0.3, 0.4) is 0 Å². The van der Waals surface area contributed by atoms with Gasteiger partial charge in [-0.25, -0.2) is 9.48 Å². The fourth-order valence-electron chi connectivity index (χ4n) is 2.97. The summed E-state index contributed by atoms with van der Waals surface area (Å²) in [6.07, 6.45) is -6.10. The first-order valence-corrected chi connectivity index (χ1v) is 7.98. The minimum absolute atomic E-state index is 0.111. The first-order valence-electron chi connectivity index (χ1n) is 7.98. The number of nitrogens with zero attached hydrogens (tertiary/aromatic N) is 4. The van der Waals surface area contributed by atoms with Crippen molar-refractivity contribution < 1.29 is 27.6 Å². The molecular formula is C16H15F3N4O4. The third-order valence-electron chi connectivity index (χ3n) is 4.19. The van der Waals surface area contributed by atoms with Gasteiger partial charge in [-0.15, -0.1) is 0 Å². The van der Waals surface area contributed by atoms with Gasteiger partial charge in [0.2, 0.25) is 5.82 Å². The van der Waals surface area contributed by atoms with Crippen molar-refractivity contribution in [3.8, 4) is 0 Å². The molecule has 0 saturated heterocycles. The summed E-state index contributed by atoms with van der Waals surface area (Å²) in [4.78, 5) is 23.8. The molecule has 1 aromatic carbocycles. The third kappa shape index (κ3) is 3.57. The van der Waals surface area contributed by atoms with Crippen LogP contribution in [-0.4, -0.2) is 33.5 Å². The standard InChI is InChI=1S/C16H15F3N4O4/c1-10-13(23(25)26)14-21(8-7-12(16(17,18)19)22(14)20-10)15(24)27-9-11-5-3-2-4-6-11/h2-6,12H,7-9H2,1H3. The van der Waals surface area contributed by atoms with Gasteiger partial charge in [-0.2, -0.15) is 18.3 Å². The van der Waals surface area contributed by atoms with Crippen molar-refractivity contribution in [1.29, 1.82) is 0 Å². The van der Waals surface area contributed by atoms with Crippen molar-refractivity contribution in [2.45, 2.75) is 32.2 Å². The molecule has 1 atom stereocenters. The van der Waals surface area contributed by atoms with Gasteiger partial charge in [0, 0.05) is 6.54 Å². The molecule has 8 nitrogen and oxygen atoms in total. The summed E-state index contributed by atoms with van der Waals surface area (Å²) in [5.41, 5.74) is -0.164. The highest BCUT2D eigenvalue weighted by Crippen LogP contribution is 2.44. The van der Waals surface area contributed by atoms with Crippen molar-refractivity contribution in [2.75, 3.05) is 11.4 Å². The Morgan fingerprint density at radius 2 is 2.04 bits per heavy atom. The smallest absolute Gasteiger partial charge is 0.416 e. The lowest BCUT2D eigenvalue weighted by Gasteiger charge is -2.32. The normalized spacial score (nSPS) is 16.7. The average Bonchev–Trinajstić information content (AvgIpc) is 2.95. The molecule has 1 aliphatic rings. The number of amides is 1. The number of fused-ring (bicyclic) bond motifs is 1. The lowest BCUT2D eigenvalue weighted by atomic mass is 10.1. The minimum Gasteiger partial charge on any atom is -0.444 e. The van der Waals surface area contributed by atoms with Crippen LogP contribution in [0.1, 0.15) is 23.7 Å². The van der Waals surface area contributed by atoms with Crippen molar-refractivity contribution in [2.24, 2.45) is 0 Å². The van der Waals surface area contributed by atoms with Crippen LogP contribution >= 0.6 is 0 Å². The first-order chi connectivity index (χ1) is 12.7. The highest BCUT2D eigenvalue weighted by Gasteiger charge is 2.49. The lowest BCUT2D eigenvalue weighted by Crippen LogP contribution is -2.43. The molecule has 0 aliphatic carbocycles. The Labute approximate surface area is 151 Å². The fourth-order valence-corrected chi connectivity index (χ4v) is 2.97. The number of nitro groups is 1. The van der Waals surface area contributed by atoms with Gasteiger partial charge in [-0.1, -0.05) is 30.3 Å². The fraction of sp³-hybridized carbons (Fsp3) is 0.375. The van der Waals surface area contributed by atoms with E-state index in [1.54, 1.807) is 30.3 Å². The summed E-state index contributed by atoms with van der Waals surface area (Å²) in [6, 6.07) is 6.62. The number of aromatic nitrogens is 2. The quantitative estimate of drug-likeness (QED) is 0.594. The topological polar surface area (TPSA) is 90.5 Å². The van der Waals surface area contributed by atoms with Crippen LogP contribution in [0, 0.1) is 17.0 Å². The van der Waals surface area contributed by atoms with E-state index in [9.17, 15) is 28.1 Å². The summed E-state index contributed by atoms with van der Waals surface area (Å²) in [5, 5.41) is 15.0. The molecule has 11 heteroatoms. The maximum atomic E-state index is 13.3. The summed E-state index contributed by atoms with van der Waals surface area (Å²) >= 11 is 0. The number of hydrogen-bond acceptors (Lipinski definition) is 5. The van der Waals surface area contributed by atoms with Gasteiger partial charge in [0.05, 0.1) is 4.92 Å². The zero-order chi connectivity index (χ0) is 19.8. The summed E-state index contributed by atoms with van der Waals surface area (Å²) in [6.45, 7) is 0.744. The molecule has 0 saturated carbocycles. The van der Waals surface area contributed by atoms with Gasteiger partial charge in [-0.3, -0.25) is 15.0 Å². The van der Waals surface area contributed by atoms with Gasteiger partial charge in [0.1, 0.15) is 12.3 Å². The number of benzene rings is 1. The molecule has 1 aliphatic heterocycles. The van der Waals surface area contributed by atoms with Crippen molar-refractivity contribution in [1.82, 2.24) is 9.78 Å². The number of hydrogen-bond donors (Lipinski definition) is 0. The van der Waals surface area contributed by atoms with E-state index in [1.807, 2.05) is 0 Å². The van der Waals surface area contributed by atoms with E-state index < -0.39 is 41.2 Å². The average molecular weight is 384 g/mol. The number of halogens is 3. The van der Waals surface area contributed by atoms with Crippen LogP contribution in [0.5, 0.6) is 0 Å². The van der Waals surface area contributed by atoms with Crippen LogP contribution in [0.2, 0.25) is 0 Å². The molecule has 0 spiro atoms. The molecule has 0 radical (unpaired) electrons. The molecule has 1 amide bonds. The van der Waals surface area contributed by atoms with E-state index in [0.29, 0.717) is 10.2 Å². The van der Waals surface area contributed by atoms with Crippen LogP contribution in [-0.2, 0) is 11.3 Å². The predicted octanol–water partition coefficient (Wildman–Crippen LogP) is 3.75. The van der Waals surface area contributed by atoms with Gasteiger partial charge in [0.25, 0.3) is 0 Å². The summed E-state index contributed by atoms with van der Waals surface area (Å²) in [5.74, 6) is -0.510. The number of ether oxygens (including phenoxy) is 1. The van der Waals surface area contributed by atoms with Crippen LogP contribution in [0.25, 0.3) is 0 Å². The second-order valence-electron chi connectivity index (χ2n) is 6.00. The summed E-state index contributed by atoms with van der Waals surface area (Å²) < 4.78 is 45.5. The zero-order valence-corrected chi connectivity index (χ0v) is 14.1. The number of carbonyl (C=O) groups is 1. The van der Waals surface area contributed by atoms with E-state index in [2.05, 4.69) is 5.10 Å². The molecule has 2 aromatic rings. The molecule has 1 aromatic heterocycles. The van der Waals surface area contributed by atoms with Crippen molar-refractivity contribution >= 4 is 17.6 Å². The van der Waals surface area contributed by atoms with Crippen molar-refractivity contribution in [3.63, 3.8) is 0 Å². The minimum atomic E-state index is -4.65. The Morgan fingerprint density at radius 3 is 2.63 bits per heavy atom. The predicted molar refractivity (Wildman–Crippen MR) is 87.3 cm³/mol. The van der Waals surface area contributed by atoms with Crippen LogP contribution in [0.4, 0.5) is 29.5 Å². The number of aryl methyl sites for hydroxylation is 1. The number of carbonyl (C=O) groups excluding carboxylic acids is 1. The first kappa shape index (κ1) is 18.7. The number of anilines is 1. The second kappa shape index (κ2) is 6.89. The van der Waals surface area contributed by atoms with Crippen LogP contribution < -0.4 is 4.90 Å². The molecule has 144 valence electrons. The second-order valence-corrected chi connectivity index (χ2v) is 6.00. The third-order valence-corrected chi connectivity index (χ3v) is 4.19. The lowest BCUT2D eigenvalue weighted by molar-refractivity contribution is -0.384. The molecule has 27 heavy (non-hydrogen) atoms. The van der Waals surface area contributed by atoms with E-state index in [-0.39, 0.29) is 18.8 Å². The number of alkyl halides is 3. The van der Waals surface area contributed by atoms with Gasteiger partial charge < -0.3 is 4.74 Å². The monoisotopic (exact) mass is 384 g/mol. The maximum Gasteiger partial charge on any atom is 0.416 e. The zero-order valence-electron chi connectivity index (χ0n) is 14.1. The molecule has 0 fully saturated rings. The van der Waals surface area contributed by atoms with Gasteiger partial charge >= 0.3 is 18.0 Å². The molecule has 3 rings (SSSR count). The highest BCUT2D eigenvalue weighted by atomic mass is 19.4. The maximum absolute atomic E-state index is 13.3. The van der Waals surface area contributed by atoms with E-state index in [1.165, 1.54) is 6.92 Å².